The Morgan fingerprint density at radius 2 is 1.93 bits per heavy atom. The molecule has 0 saturated carbocycles. The third-order valence-electron chi connectivity index (χ3n) is 5.00. The van der Waals surface area contributed by atoms with E-state index in [1.165, 1.54) is 12.1 Å². The van der Waals surface area contributed by atoms with Crippen LogP contribution in [0, 0.1) is 18.6 Å². The molecule has 2 N–H and O–H groups in total. The summed E-state index contributed by atoms with van der Waals surface area (Å²) in [6, 6.07) is 4.96. The highest BCUT2D eigenvalue weighted by molar-refractivity contribution is 5.94. The number of hydrogen-bond acceptors (Lipinski definition) is 6. The SMILES string of the molecule is Cc1nnc(N[C@H](C)c2ccc(F)cc2F)c2cc(N3CC(C)(O)C3)ncc12. The Kier molecular flexibility index (Phi) is 4.38. The lowest BCUT2D eigenvalue weighted by atomic mass is 9.97. The Hall–Kier alpha value is -2.87. The molecular formula is C20H21F2N5O. The molecular weight excluding hydrogens is 364 g/mol. The number of pyridine rings is 1. The molecule has 4 rings (SSSR count). The number of halogens is 2. The Balaban J connectivity index is 1.69. The van der Waals surface area contributed by atoms with Crippen LogP contribution in [0.2, 0.25) is 0 Å². The largest absolute Gasteiger partial charge is 0.386 e. The predicted octanol–water partition coefficient (Wildman–Crippen LogP) is 3.36. The zero-order valence-electron chi connectivity index (χ0n) is 15.9. The second-order valence-electron chi connectivity index (χ2n) is 7.61. The monoisotopic (exact) mass is 385 g/mol. The van der Waals surface area contributed by atoms with Crippen molar-refractivity contribution in [1.82, 2.24) is 15.2 Å². The first-order valence-electron chi connectivity index (χ1n) is 9.05. The van der Waals surface area contributed by atoms with Crippen LogP contribution < -0.4 is 10.2 Å². The van der Waals surface area contributed by atoms with Gasteiger partial charge in [0.05, 0.1) is 17.3 Å². The molecule has 1 aliphatic heterocycles. The quantitative estimate of drug-likeness (QED) is 0.718. The highest BCUT2D eigenvalue weighted by atomic mass is 19.1. The Morgan fingerprint density at radius 1 is 1.18 bits per heavy atom. The summed E-state index contributed by atoms with van der Waals surface area (Å²) in [6.45, 7) is 6.41. The standard InChI is InChI=1S/C20H21F2N5O/c1-11(14-5-4-13(21)6-17(14)22)24-19-15-7-18(27-9-20(3,28)10-27)23-8-16(15)12(2)25-26-19/h4-8,11,28H,9-10H2,1-3H3,(H,24,26)/t11-/m1/s1. The van der Waals surface area contributed by atoms with Crippen LogP contribution in [0.1, 0.15) is 31.1 Å². The number of hydrogen-bond donors (Lipinski definition) is 2. The van der Waals surface area contributed by atoms with Crippen LogP contribution in [0.25, 0.3) is 10.8 Å². The summed E-state index contributed by atoms with van der Waals surface area (Å²) >= 11 is 0. The fourth-order valence-electron chi connectivity index (χ4n) is 3.51. The van der Waals surface area contributed by atoms with E-state index in [1.807, 2.05) is 17.9 Å². The molecule has 0 radical (unpaired) electrons. The van der Waals surface area contributed by atoms with Crippen LogP contribution in [-0.2, 0) is 0 Å². The average molecular weight is 385 g/mol. The zero-order valence-corrected chi connectivity index (χ0v) is 15.9. The minimum Gasteiger partial charge on any atom is -0.386 e. The maximum atomic E-state index is 14.1. The number of aryl methyl sites for hydroxylation is 1. The molecule has 28 heavy (non-hydrogen) atoms. The molecule has 6 nitrogen and oxygen atoms in total. The third kappa shape index (κ3) is 3.35. The summed E-state index contributed by atoms with van der Waals surface area (Å²) in [5.41, 5.74) is 0.361. The normalized spacial score (nSPS) is 16.7. The van der Waals surface area contributed by atoms with Gasteiger partial charge in [0.1, 0.15) is 17.5 Å². The van der Waals surface area contributed by atoms with E-state index in [0.717, 1.165) is 28.4 Å². The topological polar surface area (TPSA) is 74.2 Å². The van der Waals surface area contributed by atoms with Gasteiger partial charge in [-0.25, -0.2) is 13.8 Å². The first kappa shape index (κ1) is 18.5. The predicted molar refractivity (Wildman–Crippen MR) is 103 cm³/mol. The number of aromatic nitrogens is 3. The number of nitrogens with one attached hydrogen (secondary N) is 1. The van der Waals surface area contributed by atoms with E-state index >= 15 is 0 Å². The molecule has 0 amide bonds. The minimum absolute atomic E-state index is 0.338. The molecule has 3 aromatic rings. The smallest absolute Gasteiger partial charge is 0.157 e. The van der Waals surface area contributed by atoms with Crippen molar-refractivity contribution in [3.8, 4) is 0 Å². The van der Waals surface area contributed by atoms with Crippen LogP contribution in [-0.4, -0.2) is 39.0 Å². The van der Waals surface area contributed by atoms with Crippen molar-refractivity contribution in [1.29, 1.82) is 0 Å². The van der Waals surface area contributed by atoms with Crippen LogP contribution in [0.3, 0.4) is 0 Å². The van der Waals surface area contributed by atoms with Crippen LogP contribution in [0.15, 0.2) is 30.5 Å². The van der Waals surface area contributed by atoms with Crippen molar-refractivity contribution in [2.45, 2.75) is 32.4 Å². The molecule has 1 aliphatic rings. The van der Waals surface area contributed by atoms with E-state index in [0.29, 0.717) is 24.5 Å². The van der Waals surface area contributed by atoms with Crippen molar-refractivity contribution in [3.05, 3.63) is 53.4 Å². The van der Waals surface area contributed by atoms with Gasteiger partial charge in [0.2, 0.25) is 0 Å². The van der Waals surface area contributed by atoms with Crippen LogP contribution in [0.5, 0.6) is 0 Å². The maximum Gasteiger partial charge on any atom is 0.157 e. The lowest BCUT2D eigenvalue weighted by Gasteiger charge is -2.45. The minimum atomic E-state index is -0.710. The number of benzene rings is 1. The van der Waals surface area contributed by atoms with E-state index in [1.54, 1.807) is 20.0 Å². The molecule has 0 spiro atoms. The first-order valence-corrected chi connectivity index (χ1v) is 9.05. The number of fused-ring (bicyclic) bond motifs is 1. The fourth-order valence-corrected chi connectivity index (χ4v) is 3.51. The van der Waals surface area contributed by atoms with E-state index in [9.17, 15) is 13.9 Å². The van der Waals surface area contributed by atoms with E-state index in [4.69, 9.17) is 0 Å². The van der Waals surface area contributed by atoms with Gasteiger partial charge in [-0.3, -0.25) is 0 Å². The molecule has 146 valence electrons. The van der Waals surface area contributed by atoms with Crippen molar-refractivity contribution in [3.63, 3.8) is 0 Å². The molecule has 0 bridgehead atoms. The van der Waals surface area contributed by atoms with Gasteiger partial charge in [-0.1, -0.05) is 6.07 Å². The van der Waals surface area contributed by atoms with Crippen molar-refractivity contribution >= 4 is 22.4 Å². The average Bonchev–Trinajstić information content (AvgIpc) is 2.61. The summed E-state index contributed by atoms with van der Waals surface area (Å²) in [4.78, 5) is 6.45. The lowest BCUT2D eigenvalue weighted by Crippen LogP contribution is -2.60. The molecule has 1 atom stereocenters. The van der Waals surface area contributed by atoms with Crippen molar-refractivity contribution < 1.29 is 13.9 Å². The molecule has 0 unspecified atom stereocenters. The molecule has 8 heteroatoms. The summed E-state index contributed by atoms with van der Waals surface area (Å²) in [5, 5.41) is 23.2. The summed E-state index contributed by atoms with van der Waals surface area (Å²) in [6.07, 6.45) is 1.73. The fraction of sp³-hybridized carbons (Fsp3) is 0.350. The van der Waals surface area contributed by atoms with Gasteiger partial charge in [0.15, 0.2) is 5.82 Å². The van der Waals surface area contributed by atoms with Crippen LogP contribution in [0.4, 0.5) is 20.4 Å². The second-order valence-corrected chi connectivity index (χ2v) is 7.61. The molecule has 3 heterocycles. The van der Waals surface area contributed by atoms with Gasteiger partial charge >= 0.3 is 0 Å². The van der Waals surface area contributed by atoms with E-state index in [-0.39, 0.29) is 0 Å². The summed E-state index contributed by atoms with van der Waals surface area (Å²) in [5.74, 6) is -0.00688. The van der Waals surface area contributed by atoms with Gasteiger partial charge < -0.3 is 15.3 Å². The maximum absolute atomic E-state index is 14.1. The molecule has 1 saturated heterocycles. The first-order chi connectivity index (χ1) is 13.2. The van der Waals surface area contributed by atoms with Gasteiger partial charge in [-0.2, -0.15) is 5.10 Å². The Bertz CT molecular complexity index is 1050. The number of nitrogens with zero attached hydrogens (tertiary/aromatic N) is 4. The molecule has 1 aromatic carbocycles. The molecule has 0 aliphatic carbocycles. The number of aliphatic hydroxyl groups is 1. The van der Waals surface area contributed by atoms with Crippen molar-refractivity contribution in [2.24, 2.45) is 0 Å². The number of anilines is 2. The van der Waals surface area contributed by atoms with Crippen molar-refractivity contribution in [2.75, 3.05) is 23.3 Å². The van der Waals surface area contributed by atoms with Crippen LogP contribution >= 0.6 is 0 Å². The zero-order chi connectivity index (χ0) is 20.1. The van der Waals surface area contributed by atoms with Gasteiger partial charge in [0, 0.05) is 41.7 Å². The van der Waals surface area contributed by atoms with Gasteiger partial charge in [-0.05, 0) is 32.9 Å². The highest BCUT2D eigenvalue weighted by Gasteiger charge is 2.37. The molecule has 1 fully saturated rings. The van der Waals surface area contributed by atoms with Gasteiger partial charge in [0.25, 0.3) is 0 Å². The number of rotatable bonds is 4. The highest BCUT2D eigenvalue weighted by Crippen LogP contribution is 2.32. The Labute approximate surface area is 161 Å². The van der Waals surface area contributed by atoms with Gasteiger partial charge in [-0.15, -0.1) is 5.10 Å². The lowest BCUT2D eigenvalue weighted by molar-refractivity contribution is 0.0305. The summed E-state index contributed by atoms with van der Waals surface area (Å²) in [7, 11) is 0. The molecule has 2 aromatic heterocycles. The Morgan fingerprint density at radius 3 is 2.61 bits per heavy atom. The summed E-state index contributed by atoms with van der Waals surface area (Å²) < 4.78 is 27.3. The van der Waals surface area contributed by atoms with E-state index in [2.05, 4.69) is 20.5 Å². The number of β-amino-alcohol motifs (C(OH)–C–C–N with tert-alkyl or cyclic N) is 1. The third-order valence-corrected chi connectivity index (χ3v) is 5.00. The second kappa shape index (κ2) is 6.63. The van der Waals surface area contributed by atoms with E-state index < -0.39 is 23.3 Å².